The van der Waals surface area contributed by atoms with Crippen molar-refractivity contribution in [1.29, 1.82) is 0 Å². The van der Waals surface area contributed by atoms with Crippen molar-refractivity contribution in [2.24, 2.45) is 0 Å². The van der Waals surface area contributed by atoms with Crippen LogP contribution >= 0.6 is 136 Å². The molecule has 0 aliphatic carbocycles. The maximum absolute atomic E-state index is 11.4. The molecule has 0 aromatic heterocycles. The highest BCUT2D eigenvalue weighted by Crippen LogP contribution is 2.47. The van der Waals surface area contributed by atoms with Gasteiger partial charge in [-0.15, -0.1) is 0 Å². The molecule has 0 saturated carbocycles. The first-order valence-electron chi connectivity index (χ1n) is 18.7. The van der Waals surface area contributed by atoms with Crippen molar-refractivity contribution in [2.75, 3.05) is 0 Å². The molecule has 0 unspecified atom stereocenters. The van der Waals surface area contributed by atoms with Gasteiger partial charge in [0, 0.05) is 40.9 Å². The van der Waals surface area contributed by atoms with Crippen LogP contribution < -0.4 is 9.78 Å². The Morgan fingerprint density at radius 1 is 0.433 bits per heavy atom. The highest BCUT2D eigenvalue weighted by Gasteiger charge is 2.34. The number of phenolic OH excluding ortho intramolecular Hbond substituents is 5. The summed E-state index contributed by atoms with van der Waals surface area (Å²) in [6, 6.07) is 23.3. The van der Waals surface area contributed by atoms with Crippen molar-refractivity contribution < 1.29 is 35.3 Å². The van der Waals surface area contributed by atoms with Gasteiger partial charge in [0.25, 0.3) is 0 Å². The van der Waals surface area contributed by atoms with E-state index in [4.69, 9.17) is 9.78 Å². The molecule has 314 valence electrons. The fourth-order valence-corrected chi connectivity index (χ4v) is 13.0. The standard InChI is InChI=1S/C47H42I6O7/c1-22-8-27(42(57)28(9-22)13-26-14-33(48)43(58)34(49)15-26)12-25-10-24(3)44(36(51)16-25)59-60-45-37(52)18-30(19-38(45)53)47(6,7)32-20-31(39(54)21-40(32)55)46(4,5)29-11-23(2)41(56)35(50)17-29/h8-11,14-21,54-58H,12-13H2,1-7H3. The minimum Gasteiger partial charge on any atom is -0.507 e. The lowest BCUT2D eigenvalue weighted by Crippen LogP contribution is -2.24. The van der Waals surface area contributed by atoms with Crippen molar-refractivity contribution in [3.63, 3.8) is 0 Å². The Morgan fingerprint density at radius 2 is 0.850 bits per heavy atom. The molecule has 6 aromatic carbocycles. The number of rotatable bonds is 11. The van der Waals surface area contributed by atoms with Gasteiger partial charge in [-0.3, -0.25) is 9.78 Å². The average molecular weight is 1480 g/mol. The van der Waals surface area contributed by atoms with E-state index in [-0.39, 0.29) is 28.7 Å². The van der Waals surface area contributed by atoms with Crippen molar-refractivity contribution in [2.45, 2.75) is 72.1 Å². The van der Waals surface area contributed by atoms with Crippen molar-refractivity contribution in [3.05, 3.63) is 155 Å². The zero-order chi connectivity index (χ0) is 44.2. The molecule has 0 heterocycles. The van der Waals surface area contributed by atoms with Crippen LogP contribution in [0.4, 0.5) is 0 Å². The molecule has 0 atom stereocenters. The smallest absolute Gasteiger partial charge is 0.205 e. The summed E-state index contributed by atoms with van der Waals surface area (Å²) in [7, 11) is 0. The lowest BCUT2D eigenvalue weighted by atomic mass is 9.72. The maximum atomic E-state index is 11.4. The quantitative estimate of drug-likeness (QED) is 0.0498. The van der Waals surface area contributed by atoms with Crippen LogP contribution in [0.5, 0.6) is 40.2 Å². The molecule has 0 fully saturated rings. The summed E-state index contributed by atoms with van der Waals surface area (Å²) < 4.78 is 4.80. The largest absolute Gasteiger partial charge is 0.507 e. The first-order valence-corrected chi connectivity index (χ1v) is 25.1. The summed E-state index contributed by atoms with van der Waals surface area (Å²) >= 11 is 13.1. The number of hydrogen-bond donors (Lipinski definition) is 5. The first-order chi connectivity index (χ1) is 28.0. The van der Waals surface area contributed by atoms with E-state index >= 15 is 0 Å². The van der Waals surface area contributed by atoms with Gasteiger partial charge in [-0.2, -0.15) is 0 Å². The molecule has 0 aliphatic rings. The minimum atomic E-state index is -0.682. The van der Waals surface area contributed by atoms with E-state index < -0.39 is 10.8 Å². The number of phenols is 5. The van der Waals surface area contributed by atoms with Gasteiger partial charge in [-0.25, -0.2) is 0 Å². The van der Waals surface area contributed by atoms with Crippen LogP contribution in [-0.4, -0.2) is 25.5 Å². The van der Waals surface area contributed by atoms with Gasteiger partial charge < -0.3 is 25.5 Å². The molecular weight excluding hydrogens is 1440 g/mol. The Kier molecular flexibility index (Phi) is 15.0. The molecule has 60 heavy (non-hydrogen) atoms. The Hall–Kier alpha value is -1.70. The van der Waals surface area contributed by atoms with Crippen LogP contribution in [0.1, 0.15) is 88.9 Å². The monoisotopic (exact) mass is 1480 g/mol. The minimum absolute atomic E-state index is 0.00474. The third-order valence-corrected chi connectivity index (χ3v) is 15.8. The summed E-state index contributed by atoms with van der Waals surface area (Å²) in [4.78, 5) is 12.1. The number of halogens is 6. The number of hydrogen-bond acceptors (Lipinski definition) is 7. The van der Waals surface area contributed by atoms with Crippen molar-refractivity contribution in [3.8, 4) is 40.2 Å². The van der Waals surface area contributed by atoms with Crippen LogP contribution in [0.25, 0.3) is 0 Å². The molecule has 0 radical (unpaired) electrons. The molecule has 6 aromatic rings. The second-order valence-electron chi connectivity index (χ2n) is 16.1. The second kappa shape index (κ2) is 18.8. The lowest BCUT2D eigenvalue weighted by Gasteiger charge is -2.32. The topological polar surface area (TPSA) is 120 Å². The summed E-state index contributed by atoms with van der Waals surface area (Å²) in [5.41, 5.74) is 8.28. The molecule has 0 aliphatic heterocycles. The van der Waals surface area contributed by atoms with E-state index in [9.17, 15) is 25.5 Å². The van der Waals surface area contributed by atoms with Gasteiger partial charge >= 0.3 is 0 Å². The van der Waals surface area contributed by atoms with E-state index in [1.54, 1.807) is 0 Å². The number of benzene rings is 6. The highest BCUT2D eigenvalue weighted by atomic mass is 127. The van der Waals surface area contributed by atoms with Crippen LogP contribution in [0.3, 0.4) is 0 Å². The van der Waals surface area contributed by atoms with Crippen LogP contribution in [0.15, 0.2) is 72.8 Å². The van der Waals surface area contributed by atoms with Gasteiger partial charge in [0.1, 0.15) is 28.7 Å². The Bertz CT molecular complexity index is 2580. The summed E-state index contributed by atoms with van der Waals surface area (Å²) in [6.07, 6.45) is 1.07. The molecule has 6 rings (SSSR count). The van der Waals surface area contributed by atoms with E-state index in [2.05, 4.69) is 142 Å². The normalized spacial score (nSPS) is 11.9. The van der Waals surface area contributed by atoms with E-state index in [0.29, 0.717) is 35.5 Å². The third kappa shape index (κ3) is 9.99. The van der Waals surface area contributed by atoms with E-state index in [1.807, 2.05) is 109 Å². The predicted molar refractivity (Wildman–Crippen MR) is 289 cm³/mol. The van der Waals surface area contributed by atoms with Gasteiger partial charge in [0.15, 0.2) is 5.75 Å². The Balaban J connectivity index is 1.22. The molecule has 0 saturated heterocycles. The molecule has 0 spiro atoms. The van der Waals surface area contributed by atoms with Gasteiger partial charge in [-0.1, -0.05) is 57.5 Å². The molecule has 7 nitrogen and oxygen atoms in total. The third-order valence-electron chi connectivity index (χ3n) is 10.9. The van der Waals surface area contributed by atoms with Gasteiger partial charge in [0.05, 0.1) is 21.4 Å². The fourth-order valence-electron chi connectivity index (χ4n) is 7.44. The van der Waals surface area contributed by atoms with Crippen LogP contribution in [0.2, 0.25) is 0 Å². The number of aromatic hydroxyl groups is 5. The molecule has 13 heteroatoms. The number of aryl methyl sites for hydroxylation is 3. The van der Waals surface area contributed by atoms with Gasteiger partial charge in [-0.05, 0) is 243 Å². The highest BCUT2D eigenvalue weighted by molar-refractivity contribution is 14.1. The van der Waals surface area contributed by atoms with Crippen LogP contribution in [0, 0.1) is 42.2 Å². The molecule has 0 bridgehead atoms. The van der Waals surface area contributed by atoms with Crippen molar-refractivity contribution >= 4 is 136 Å². The SMILES string of the molecule is Cc1cc(Cc2cc(I)c(O)c(I)c2)c(O)c(Cc2cc(C)c(OOc3c(I)cc(C(C)(C)c4cc(C(C)(C)c5cc(C)c(O)c(I)c5)c(O)cc4O)cc3I)c(I)c2)c1. The Morgan fingerprint density at radius 3 is 1.35 bits per heavy atom. The van der Waals surface area contributed by atoms with Crippen LogP contribution in [-0.2, 0) is 23.7 Å². The summed E-state index contributed by atoms with van der Waals surface area (Å²) in [6.45, 7) is 14.0. The summed E-state index contributed by atoms with van der Waals surface area (Å²) in [5.74, 6) is 1.95. The first kappa shape index (κ1) is 47.8. The predicted octanol–water partition coefficient (Wildman–Crippen LogP) is 14.0. The van der Waals surface area contributed by atoms with E-state index in [1.165, 1.54) is 6.07 Å². The molecule has 5 N–H and O–H groups in total. The average Bonchev–Trinajstić information content (AvgIpc) is 3.14. The van der Waals surface area contributed by atoms with Gasteiger partial charge in [0.2, 0.25) is 5.75 Å². The molecule has 0 amide bonds. The molecular formula is C47H42I6O7. The summed E-state index contributed by atoms with van der Waals surface area (Å²) in [5, 5.41) is 54.5. The fraction of sp³-hybridized carbons (Fsp3) is 0.234. The van der Waals surface area contributed by atoms with Crippen molar-refractivity contribution in [1.82, 2.24) is 0 Å². The Labute approximate surface area is 432 Å². The second-order valence-corrected chi connectivity index (χ2v) is 23.1. The zero-order valence-electron chi connectivity index (χ0n) is 33.7. The zero-order valence-corrected chi connectivity index (χ0v) is 46.6. The lowest BCUT2D eigenvalue weighted by molar-refractivity contribution is -0.103. The maximum Gasteiger partial charge on any atom is 0.205 e. The van der Waals surface area contributed by atoms with E-state index in [0.717, 1.165) is 71.5 Å².